The van der Waals surface area contributed by atoms with Gasteiger partial charge in [-0.3, -0.25) is 4.79 Å². The summed E-state index contributed by atoms with van der Waals surface area (Å²) in [7, 11) is 3.38. The molecule has 2 aromatic heterocycles. The molecule has 192 valence electrons. The van der Waals surface area contributed by atoms with E-state index in [0.717, 1.165) is 54.7 Å². The number of amides is 3. The number of likely N-dealkylation sites (N-methyl/N-ethyl adjacent to an activating group) is 1. The molecule has 8 rings (SSSR count). The number of benzene rings is 3. The van der Waals surface area contributed by atoms with Gasteiger partial charge < -0.3 is 34.6 Å². The van der Waals surface area contributed by atoms with Crippen LogP contribution in [-0.2, 0) is 21.7 Å². The zero-order chi connectivity index (χ0) is 26.1. The number of hydrogen-bond acceptors (Lipinski definition) is 4. The first-order valence-electron chi connectivity index (χ1n) is 12.9. The van der Waals surface area contributed by atoms with E-state index in [9.17, 15) is 9.59 Å². The van der Waals surface area contributed by atoms with Gasteiger partial charge in [-0.05, 0) is 24.6 Å². The molecule has 1 fully saturated rings. The van der Waals surface area contributed by atoms with Gasteiger partial charge in [-0.25, -0.2) is 4.79 Å². The first-order chi connectivity index (χ1) is 18.4. The number of nitrogens with one attached hydrogen (secondary N) is 1. The number of primary amides is 1. The van der Waals surface area contributed by atoms with Gasteiger partial charge in [-0.2, -0.15) is 0 Å². The summed E-state index contributed by atoms with van der Waals surface area (Å²) in [4.78, 5) is 27.4. The Morgan fingerprint density at radius 2 is 1.79 bits per heavy atom. The van der Waals surface area contributed by atoms with Crippen LogP contribution in [0.1, 0.15) is 35.5 Å². The Balaban J connectivity index is 1.66. The number of hydrogen-bond donors (Lipinski definition) is 2. The van der Waals surface area contributed by atoms with Crippen LogP contribution in [0.5, 0.6) is 0 Å². The van der Waals surface area contributed by atoms with E-state index >= 15 is 0 Å². The number of carbonyl (C=O) groups is 2. The number of urea groups is 1. The molecule has 9 heteroatoms. The second-order valence-corrected chi connectivity index (χ2v) is 10.8. The van der Waals surface area contributed by atoms with Crippen LogP contribution in [0, 0.1) is 0 Å². The highest BCUT2D eigenvalue weighted by molar-refractivity contribution is 6.31. The van der Waals surface area contributed by atoms with Crippen LogP contribution in [0.15, 0.2) is 48.5 Å². The molecule has 2 bridgehead atoms. The summed E-state index contributed by atoms with van der Waals surface area (Å²) in [6.07, 6.45) is -0.450. The molecule has 3 amide bonds. The normalized spacial score (nSPS) is 25.9. The lowest BCUT2D eigenvalue weighted by molar-refractivity contribution is -0.264. The summed E-state index contributed by atoms with van der Waals surface area (Å²) in [5.41, 5.74) is 10.5. The van der Waals surface area contributed by atoms with E-state index in [1.54, 1.807) is 19.1 Å². The van der Waals surface area contributed by atoms with Gasteiger partial charge in [0.25, 0.3) is 5.91 Å². The first-order valence-corrected chi connectivity index (χ1v) is 12.9. The highest BCUT2D eigenvalue weighted by atomic mass is 16.6. The van der Waals surface area contributed by atoms with Crippen molar-refractivity contribution in [3.8, 4) is 0 Å². The minimum Gasteiger partial charge on any atom is -0.374 e. The summed E-state index contributed by atoms with van der Waals surface area (Å²) >= 11 is 0. The third-order valence-electron chi connectivity index (χ3n) is 9.04. The lowest BCUT2D eigenvalue weighted by atomic mass is 9.92. The average Bonchev–Trinajstić information content (AvgIpc) is 3.55. The maximum Gasteiger partial charge on any atom is 0.314 e. The standard InChI is InChI=1S/C29H27N5O4/c1-29-26(37-3)19(32(2)28(30)36)12-20(38-29)33-17-10-6-4-8-14(17)22-23-16(13-31-27(23)35)21-15-9-5-7-11-18(15)34(29)25(21)24(22)33/h4-11,19-20,26H,12-13H2,1-3H3,(H2,30,36)(H,31,35). The lowest BCUT2D eigenvalue weighted by Gasteiger charge is -2.50. The van der Waals surface area contributed by atoms with E-state index in [1.165, 1.54) is 0 Å². The van der Waals surface area contributed by atoms with Crippen molar-refractivity contribution in [2.45, 2.75) is 44.0 Å². The number of nitrogens with zero attached hydrogens (tertiary/aromatic N) is 3. The first kappa shape index (κ1) is 22.0. The Hall–Kier alpha value is -4.08. The number of para-hydroxylation sites is 2. The van der Waals surface area contributed by atoms with Crippen molar-refractivity contribution < 1.29 is 19.1 Å². The fourth-order valence-electron chi connectivity index (χ4n) is 7.56. The quantitative estimate of drug-likeness (QED) is 0.373. The summed E-state index contributed by atoms with van der Waals surface area (Å²) in [6, 6.07) is 15.5. The zero-order valence-corrected chi connectivity index (χ0v) is 21.3. The monoisotopic (exact) mass is 509 g/mol. The molecule has 4 atom stereocenters. The van der Waals surface area contributed by atoms with Crippen molar-refractivity contribution in [1.29, 1.82) is 0 Å². The van der Waals surface area contributed by atoms with Gasteiger partial charge in [0.2, 0.25) is 0 Å². The molecule has 38 heavy (non-hydrogen) atoms. The second-order valence-electron chi connectivity index (χ2n) is 10.8. The molecule has 5 heterocycles. The predicted octanol–water partition coefficient (Wildman–Crippen LogP) is 4.15. The van der Waals surface area contributed by atoms with Gasteiger partial charge in [0.1, 0.15) is 12.3 Å². The SMILES string of the molecule is COC1C(N(C)C(N)=O)CC2OC1(C)n1c3ccccc3c3c4c(c5c6ccccc6n2c5c31)C(=O)NC4. The third-order valence-corrected chi connectivity index (χ3v) is 9.04. The van der Waals surface area contributed by atoms with Crippen molar-refractivity contribution in [3.63, 3.8) is 0 Å². The van der Waals surface area contributed by atoms with Crippen molar-refractivity contribution in [2.24, 2.45) is 5.73 Å². The van der Waals surface area contributed by atoms with Crippen LogP contribution in [0.25, 0.3) is 43.6 Å². The highest BCUT2D eigenvalue weighted by Crippen LogP contribution is 2.54. The van der Waals surface area contributed by atoms with E-state index in [-0.39, 0.29) is 11.9 Å². The Labute approximate surface area is 217 Å². The number of aromatic nitrogens is 2. The Kier molecular flexibility index (Phi) is 4.08. The molecule has 1 saturated heterocycles. The average molecular weight is 510 g/mol. The number of fused-ring (bicyclic) bond motifs is 13. The van der Waals surface area contributed by atoms with Crippen molar-refractivity contribution in [2.75, 3.05) is 14.2 Å². The van der Waals surface area contributed by atoms with E-state index < -0.39 is 24.1 Å². The minimum atomic E-state index is -0.981. The number of methoxy groups -OCH3 is 1. The molecule has 3 aliphatic rings. The molecule has 5 aromatic rings. The van der Waals surface area contributed by atoms with Crippen LogP contribution in [0.4, 0.5) is 4.79 Å². The van der Waals surface area contributed by atoms with Crippen LogP contribution in [0.3, 0.4) is 0 Å². The third kappa shape index (κ3) is 2.35. The molecule has 3 N–H and O–H groups in total. The van der Waals surface area contributed by atoms with Crippen LogP contribution in [0.2, 0.25) is 0 Å². The van der Waals surface area contributed by atoms with Gasteiger partial charge in [-0.1, -0.05) is 36.4 Å². The summed E-state index contributed by atoms with van der Waals surface area (Å²) in [5, 5.41) is 7.15. The number of rotatable bonds is 2. The van der Waals surface area contributed by atoms with E-state index in [0.29, 0.717) is 13.0 Å². The van der Waals surface area contributed by atoms with Crippen molar-refractivity contribution >= 4 is 55.5 Å². The van der Waals surface area contributed by atoms with Crippen molar-refractivity contribution in [3.05, 3.63) is 59.7 Å². The Morgan fingerprint density at radius 1 is 1.11 bits per heavy atom. The molecule has 0 spiro atoms. The molecule has 0 radical (unpaired) electrons. The molecular formula is C29H27N5O4. The number of nitrogens with two attached hydrogens (primary N) is 1. The molecule has 3 aromatic carbocycles. The van der Waals surface area contributed by atoms with Gasteiger partial charge >= 0.3 is 6.03 Å². The summed E-state index contributed by atoms with van der Waals surface area (Å²) in [6.45, 7) is 2.51. The zero-order valence-electron chi connectivity index (χ0n) is 21.3. The molecule has 9 nitrogen and oxygen atoms in total. The molecule has 0 saturated carbocycles. The Morgan fingerprint density at radius 3 is 2.50 bits per heavy atom. The number of carbonyl (C=O) groups excluding carboxylic acids is 2. The van der Waals surface area contributed by atoms with Gasteiger partial charge in [-0.15, -0.1) is 0 Å². The molecule has 4 unspecified atom stereocenters. The number of ether oxygens (including phenoxy) is 2. The smallest absolute Gasteiger partial charge is 0.314 e. The van der Waals surface area contributed by atoms with E-state index in [1.807, 2.05) is 31.2 Å². The fraction of sp³-hybridized carbons (Fsp3) is 0.310. The van der Waals surface area contributed by atoms with Crippen LogP contribution < -0.4 is 11.1 Å². The largest absolute Gasteiger partial charge is 0.374 e. The van der Waals surface area contributed by atoms with E-state index in [4.69, 9.17) is 15.2 Å². The highest BCUT2D eigenvalue weighted by Gasteiger charge is 2.54. The van der Waals surface area contributed by atoms with Gasteiger partial charge in [0, 0.05) is 48.7 Å². The summed E-state index contributed by atoms with van der Waals surface area (Å²) < 4.78 is 17.7. The molecular weight excluding hydrogens is 482 g/mol. The minimum absolute atomic E-state index is 0.0536. The summed E-state index contributed by atoms with van der Waals surface area (Å²) in [5.74, 6) is -0.0536. The maximum absolute atomic E-state index is 13.4. The van der Waals surface area contributed by atoms with Gasteiger partial charge in [0.05, 0.1) is 33.7 Å². The van der Waals surface area contributed by atoms with Crippen LogP contribution in [-0.4, -0.2) is 52.3 Å². The Bertz CT molecular complexity index is 1890. The van der Waals surface area contributed by atoms with Crippen molar-refractivity contribution in [1.82, 2.24) is 19.4 Å². The maximum atomic E-state index is 13.4. The van der Waals surface area contributed by atoms with Gasteiger partial charge in [0.15, 0.2) is 5.72 Å². The molecule has 3 aliphatic heterocycles. The fourth-order valence-corrected chi connectivity index (χ4v) is 7.56. The molecule has 0 aliphatic carbocycles. The topological polar surface area (TPSA) is 104 Å². The van der Waals surface area contributed by atoms with Crippen LogP contribution >= 0.6 is 0 Å². The van der Waals surface area contributed by atoms with E-state index in [2.05, 4.69) is 38.7 Å². The predicted molar refractivity (Wildman–Crippen MR) is 144 cm³/mol. The second kappa shape index (κ2) is 7.06. The lowest BCUT2D eigenvalue weighted by Crippen LogP contribution is -2.62.